The summed E-state index contributed by atoms with van der Waals surface area (Å²) >= 11 is 0. The van der Waals surface area contributed by atoms with E-state index in [2.05, 4.69) is 5.32 Å². The van der Waals surface area contributed by atoms with Crippen molar-refractivity contribution in [2.24, 2.45) is 11.8 Å². The minimum absolute atomic E-state index is 0.558. The van der Waals surface area contributed by atoms with Crippen LogP contribution in [0.1, 0.15) is 11.6 Å². The number of nitrogens with one attached hydrogen (secondary N) is 1. The van der Waals surface area contributed by atoms with Crippen LogP contribution in [0.25, 0.3) is 0 Å². The Balaban J connectivity index is 2.47. The molecule has 7 nitrogen and oxygen atoms in total. The molecular formula is C16H19NO6. The standard InChI is InChI=1S/C16H19NO6/c1-21-14(18)10-11(15(19)22-2)13(16(20)23-3)17-12(10)9-7-5-4-6-8-9/h4-8,10-13,17H,1-3H3/t10-,11-,12-,13-/m0/s1. The Morgan fingerprint density at radius 3 is 1.87 bits per heavy atom. The van der Waals surface area contributed by atoms with E-state index in [-0.39, 0.29) is 0 Å². The Hall–Kier alpha value is -2.41. The smallest absolute Gasteiger partial charge is 0.323 e. The van der Waals surface area contributed by atoms with Crippen LogP contribution in [0.15, 0.2) is 30.3 Å². The first-order chi connectivity index (χ1) is 11.0. The summed E-state index contributed by atoms with van der Waals surface area (Å²) in [4.78, 5) is 36.5. The molecule has 7 heteroatoms. The molecule has 0 bridgehead atoms. The Kier molecular flexibility index (Phi) is 5.33. The topological polar surface area (TPSA) is 90.9 Å². The highest BCUT2D eigenvalue weighted by molar-refractivity contribution is 5.91. The van der Waals surface area contributed by atoms with Gasteiger partial charge in [0.25, 0.3) is 0 Å². The zero-order valence-electron chi connectivity index (χ0n) is 13.1. The lowest BCUT2D eigenvalue weighted by molar-refractivity contribution is -0.159. The highest BCUT2D eigenvalue weighted by atomic mass is 16.5. The molecule has 2 rings (SSSR count). The fourth-order valence-corrected chi connectivity index (χ4v) is 2.96. The Morgan fingerprint density at radius 2 is 1.35 bits per heavy atom. The minimum Gasteiger partial charge on any atom is -0.469 e. The lowest BCUT2D eigenvalue weighted by Crippen LogP contribution is -2.42. The molecule has 4 atom stereocenters. The van der Waals surface area contributed by atoms with Crippen LogP contribution in [0.2, 0.25) is 0 Å². The van der Waals surface area contributed by atoms with Crippen molar-refractivity contribution in [2.75, 3.05) is 21.3 Å². The Morgan fingerprint density at radius 1 is 0.826 bits per heavy atom. The maximum absolute atomic E-state index is 12.3. The van der Waals surface area contributed by atoms with E-state index in [1.807, 2.05) is 30.3 Å². The summed E-state index contributed by atoms with van der Waals surface area (Å²) < 4.78 is 14.4. The maximum Gasteiger partial charge on any atom is 0.323 e. The third-order valence-corrected chi connectivity index (χ3v) is 4.02. The molecule has 0 aliphatic carbocycles. The van der Waals surface area contributed by atoms with Gasteiger partial charge in [-0.2, -0.15) is 0 Å². The van der Waals surface area contributed by atoms with Gasteiger partial charge < -0.3 is 14.2 Å². The summed E-state index contributed by atoms with van der Waals surface area (Å²) in [6, 6.07) is 7.52. The van der Waals surface area contributed by atoms with Gasteiger partial charge in [-0.15, -0.1) is 0 Å². The summed E-state index contributed by atoms with van der Waals surface area (Å²) in [7, 11) is 3.67. The van der Waals surface area contributed by atoms with Crippen LogP contribution >= 0.6 is 0 Å². The van der Waals surface area contributed by atoms with Gasteiger partial charge in [0.2, 0.25) is 0 Å². The number of ether oxygens (including phenoxy) is 3. The van der Waals surface area contributed by atoms with Gasteiger partial charge in [-0.1, -0.05) is 30.3 Å². The zero-order valence-corrected chi connectivity index (χ0v) is 13.1. The molecule has 0 radical (unpaired) electrons. The zero-order chi connectivity index (χ0) is 17.0. The summed E-state index contributed by atoms with van der Waals surface area (Å²) in [5.41, 5.74) is 0.767. The average molecular weight is 321 g/mol. The fourth-order valence-electron chi connectivity index (χ4n) is 2.96. The first-order valence-electron chi connectivity index (χ1n) is 7.09. The quantitative estimate of drug-likeness (QED) is 0.636. The van der Waals surface area contributed by atoms with E-state index in [1.54, 1.807) is 0 Å². The molecule has 23 heavy (non-hydrogen) atoms. The van der Waals surface area contributed by atoms with Crippen LogP contribution in [-0.4, -0.2) is 45.3 Å². The van der Waals surface area contributed by atoms with Crippen LogP contribution in [0.4, 0.5) is 0 Å². The number of hydrogen-bond acceptors (Lipinski definition) is 7. The Bertz CT molecular complexity index is 587. The van der Waals surface area contributed by atoms with Crippen LogP contribution in [0, 0.1) is 11.8 Å². The van der Waals surface area contributed by atoms with Gasteiger partial charge in [-0.05, 0) is 5.56 Å². The molecule has 0 aromatic heterocycles. The molecule has 0 saturated carbocycles. The Labute approximate surface area is 133 Å². The van der Waals surface area contributed by atoms with E-state index < -0.39 is 41.8 Å². The highest BCUT2D eigenvalue weighted by Crippen LogP contribution is 2.39. The number of rotatable bonds is 4. The first kappa shape index (κ1) is 17.0. The van der Waals surface area contributed by atoms with E-state index in [9.17, 15) is 14.4 Å². The van der Waals surface area contributed by atoms with Gasteiger partial charge in [0.15, 0.2) is 0 Å². The maximum atomic E-state index is 12.3. The second kappa shape index (κ2) is 7.23. The molecule has 1 aliphatic rings. The van der Waals surface area contributed by atoms with Crippen molar-refractivity contribution >= 4 is 17.9 Å². The molecule has 1 fully saturated rings. The van der Waals surface area contributed by atoms with Crippen LogP contribution in [0.3, 0.4) is 0 Å². The molecule has 1 aromatic rings. The molecule has 0 spiro atoms. The predicted octanol–water partition coefficient (Wildman–Crippen LogP) is 0.451. The van der Waals surface area contributed by atoms with Crippen molar-refractivity contribution in [3.05, 3.63) is 35.9 Å². The molecule has 1 heterocycles. The summed E-state index contributed by atoms with van der Waals surface area (Å²) in [5.74, 6) is -3.80. The largest absolute Gasteiger partial charge is 0.469 e. The molecule has 1 saturated heterocycles. The van der Waals surface area contributed by atoms with Crippen molar-refractivity contribution in [3.8, 4) is 0 Å². The van der Waals surface area contributed by atoms with Crippen molar-refractivity contribution in [3.63, 3.8) is 0 Å². The second-order valence-corrected chi connectivity index (χ2v) is 5.15. The van der Waals surface area contributed by atoms with Gasteiger partial charge in [0, 0.05) is 6.04 Å². The van der Waals surface area contributed by atoms with Gasteiger partial charge in [0.1, 0.15) is 6.04 Å². The minimum atomic E-state index is -1.02. The normalized spacial score (nSPS) is 26.4. The molecule has 1 N–H and O–H groups in total. The highest BCUT2D eigenvalue weighted by Gasteiger charge is 2.55. The van der Waals surface area contributed by atoms with Crippen LogP contribution in [-0.2, 0) is 28.6 Å². The van der Waals surface area contributed by atoms with E-state index in [4.69, 9.17) is 14.2 Å². The summed E-state index contributed by atoms with van der Waals surface area (Å²) in [5, 5.41) is 3.01. The van der Waals surface area contributed by atoms with Gasteiger partial charge in [-0.25, -0.2) is 0 Å². The van der Waals surface area contributed by atoms with Crippen LogP contribution < -0.4 is 5.32 Å². The predicted molar refractivity (Wildman–Crippen MR) is 79.1 cm³/mol. The van der Waals surface area contributed by atoms with Crippen molar-refractivity contribution in [1.82, 2.24) is 5.32 Å². The van der Waals surface area contributed by atoms with Gasteiger partial charge in [0.05, 0.1) is 33.2 Å². The summed E-state index contributed by atoms with van der Waals surface area (Å²) in [6.45, 7) is 0. The van der Waals surface area contributed by atoms with Crippen molar-refractivity contribution in [2.45, 2.75) is 12.1 Å². The lowest BCUT2D eigenvalue weighted by Gasteiger charge is -2.21. The molecule has 1 aromatic carbocycles. The van der Waals surface area contributed by atoms with Crippen molar-refractivity contribution < 1.29 is 28.6 Å². The van der Waals surface area contributed by atoms with E-state index in [1.165, 1.54) is 21.3 Å². The number of hydrogen-bond donors (Lipinski definition) is 1. The van der Waals surface area contributed by atoms with Crippen molar-refractivity contribution in [1.29, 1.82) is 0 Å². The molecule has 1 aliphatic heterocycles. The van der Waals surface area contributed by atoms with E-state index >= 15 is 0 Å². The van der Waals surface area contributed by atoms with E-state index in [0.29, 0.717) is 0 Å². The molecule has 124 valence electrons. The number of carbonyl (C=O) groups excluding carboxylic acids is 3. The summed E-state index contributed by atoms with van der Waals surface area (Å²) in [6.07, 6.45) is 0. The first-order valence-corrected chi connectivity index (χ1v) is 7.09. The van der Waals surface area contributed by atoms with Crippen LogP contribution in [0.5, 0.6) is 0 Å². The number of methoxy groups -OCH3 is 3. The fraction of sp³-hybridized carbons (Fsp3) is 0.438. The van der Waals surface area contributed by atoms with Gasteiger partial charge >= 0.3 is 17.9 Å². The second-order valence-electron chi connectivity index (χ2n) is 5.15. The number of carbonyl (C=O) groups is 3. The SMILES string of the molecule is COC(=O)[C@H]1[C@H](C(=O)OC)[C@H](c2ccccc2)N[C@@H]1C(=O)OC. The molecular weight excluding hydrogens is 302 g/mol. The molecule has 0 unspecified atom stereocenters. The third kappa shape index (κ3) is 3.19. The average Bonchev–Trinajstić information content (AvgIpc) is 3.00. The molecule has 0 amide bonds. The number of benzene rings is 1. The third-order valence-electron chi connectivity index (χ3n) is 4.02. The number of esters is 3. The monoisotopic (exact) mass is 321 g/mol. The van der Waals surface area contributed by atoms with Gasteiger partial charge in [-0.3, -0.25) is 19.7 Å². The lowest BCUT2D eigenvalue weighted by atomic mass is 9.84. The van der Waals surface area contributed by atoms with E-state index in [0.717, 1.165) is 5.56 Å².